The number of nitrogens with zero attached hydrogens (tertiary/aromatic N) is 2. The summed E-state index contributed by atoms with van der Waals surface area (Å²) in [7, 11) is 0. The van der Waals surface area contributed by atoms with E-state index in [1.54, 1.807) is 35.6 Å². The number of benzene rings is 18. The highest BCUT2D eigenvalue weighted by atomic mass is 32.1. The van der Waals surface area contributed by atoms with Crippen molar-refractivity contribution >= 4 is 77.8 Å². The predicted octanol–water partition coefficient (Wildman–Crippen LogP) is 31.5. The van der Waals surface area contributed by atoms with Gasteiger partial charge in [-0.2, -0.15) is 0 Å². The van der Waals surface area contributed by atoms with Crippen LogP contribution < -0.4 is 19.3 Å². The molecule has 0 aliphatic heterocycles. The first-order valence-corrected chi connectivity index (χ1v) is 41.5. The van der Waals surface area contributed by atoms with Gasteiger partial charge in [0.15, 0.2) is 0 Å². The average molecular weight is 1580 g/mol. The summed E-state index contributed by atoms with van der Waals surface area (Å²) in [6.45, 7) is 7.90. The van der Waals surface area contributed by atoms with Crippen molar-refractivity contribution in [2.45, 2.75) is 10.8 Å². The fraction of sp³-hybridized carbons (Fsp3) is 0.0175. The lowest BCUT2D eigenvalue weighted by atomic mass is 9.67. The minimum atomic E-state index is -0.908. The van der Waals surface area contributed by atoms with Gasteiger partial charge in [0.1, 0.15) is 34.6 Å². The van der Waals surface area contributed by atoms with Crippen LogP contribution in [0.15, 0.2) is 438 Å². The Morgan fingerprint density at radius 1 is 0.240 bits per heavy atom. The molecule has 0 fully saturated rings. The lowest BCUT2D eigenvalue weighted by Gasteiger charge is -2.35. The average Bonchev–Trinajstić information content (AvgIpc) is 1.55. The number of hydrogen-bond donors (Lipinski definition) is 0. The van der Waals surface area contributed by atoms with Crippen molar-refractivity contribution in [2.24, 2.45) is 0 Å². The molecule has 574 valence electrons. The molecule has 2 atom stereocenters. The highest BCUT2D eigenvalue weighted by Gasteiger charge is 2.48. The minimum Gasteiger partial charge on any atom is -0.457 e. The fourth-order valence-corrected chi connectivity index (χ4v) is 19.6. The summed E-state index contributed by atoms with van der Waals surface area (Å²) in [6.07, 6.45) is 3.64. The van der Waals surface area contributed by atoms with Crippen LogP contribution >= 0.6 is 11.3 Å². The molecule has 0 amide bonds. The van der Waals surface area contributed by atoms with Gasteiger partial charge in [-0.3, -0.25) is 0 Å². The third-order valence-corrected chi connectivity index (χ3v) is 25.4. The molecule has 0 saturated carbocycles. The molecule has 2 aliphatic rings. The molecular weight excluding hydrogens is 1500 g/mol. The van der Waals surface area contributed by atoms with Crippen LogP contribution in [0.5, 0.6) is 23.0 Å². The number of ether oxygens (including phenoxy) is 2. The third kappa shape index (κ3) is 13.1. The summed E-state index contributed by atoms with van der Waals surface area (Å²) in [5.74, 6) is 2.19. The molecule has 0 radical (unpaired) electrons. The van der Waals surface area contributed by atoms with Gasteiger partial charge in [-0.25, -0.2) is 8.78 Å². The van der Waals surface area contributed by atoms with Crippen LogP contribution in [0.1, 0.15) is 55.6 Å². The Balaban J connectivity index is 0.735. The molecule has 21 rings (SSSR count). The first-order chi connectivity index (χ1) is 59.6. The van der Waals surface area contributed by atoms with E-state index in [1.165, 1.54) is 0 Å². The Bertz CT molecular complexity index is 6720. The maximum Gasteiger partial charge on any atom is 0.127 e. The Hall–Kier alpha value is -15.3. The van der Waals surface area contributed by atoms with Crippen molar-refractivity contribution in [2.75, 3.05) is 9.80 Å². The predicted molar refractivity (Wildman–Crippen MR) is 498 cm³/mol. The van der Waals surface area contributed by atoms with Crippen molar-refractivity contribution in [1.82, 2.24) is 0 Å². The van der Waals surface area contributed by atoms with Crippen LogP contribution in [-0.4, -0.2) is 0 Å². The highest BCUT2D eigenvalue weighted by molar-refractivity contribution is 7.25. The van der Waals surface area contributed by atoms with Gasteiger partial charge in [-0.05, 0) is 292 Å². The summed E-state index contributed by atoms with van der Waals surface area (Å²) in [5.41, 5.74) is 27.5. The van der Waals surface area contributed by atoms with E-state index in [2.05, 4.69) is 326 Å². The molecule has 0 N–H and O–H groups in total. The topological polar surface area (TPSA) is 24.9 Å². The molecule has 7 heteroatoms. The normalized spacial score (nSPS) is 14.2. The Kier molecular flexibility index (Phi) is 18.6. The fourth-order valence-electron chi connectivity index (χ4n) is 18.5. The van der Waals surface area contributed by atoms with Crippen molar-refractivity contribution in [1.29, 1.82) is 0 Å². The van der Waals surface area contributed by atoms with Crippen molar-refractivity contribution < 1.29 is 18.3 Å². The standard InChI is InChI=1S/C114H76F2N2O2S/c1-3-75-29-57-97(58-30-75)119-99-61-41-87(42-62-99)113(85-37-45-89(115)46-38-85)107-27-13-11-25-101(107)103-65-53-95(73-109(103)113)117(91-49-33-79(34-50-91)83-23-15-21-81(69-83)77-17-7-5-8-18-77)93-55-67-111-105(71-93)106-72-94(56-68-112(106)121-111)118(92-51-35-80(36-52-92)84-24-16-22-82(70-84)78-19-9-6-10-20-78)96-54-66-104-102-26-12-14-28-108(102)114(110(104)74-96,86-39-47-90(116)48-40-86)88-43-63-100(64-44-88)120-98-59-31-76(4-2)32-60-98/h3-74H,1-2H2. The van der Waals surface area contributed by atoms with Crippen molar-refractivity contribution in [3.63, 3.8) is 0 Å². The minimum absolute atomic E-state index is 0.310. The van der Waals surface area contributed by atoms with Gasteiger partial charge < -0.3 is 19.3 Å². The van der Waals surface area contributed by atoms with Crippen LogP contribution in [0.25, 0.3) is 99.1 Å². The van der Waals surface area contributed by atoms with Gasteiger partial charge in [0.25, 0.3) is 0 Å². The van der Waals surface area contributed by atoms with E-state index in [1.807, 2.05) is 109 Å². The molecule has 4 nitrogen and oxygen atoms in total. The van der Waals surface area contributed by atoms with Crippen LogP contribution in [0.3, 0.4) is 0 Å². The number of rotatable bonds is 20. The van der Waals surface area contributed by atoms with Gasteiger partial charge in [-0.15, -0.1) is 11.3 Å². The number of anilines is 6. The maximum atomic E-state index is 15.6. The van der Waals surface area contributed by atoms with Crippen LogP contribution in [0.2, 0.25) is 0 Å². The molecule has 0 saturated heterocycles. The van der Waals surface area contributed by atoms with E-state index >= 15 is 8.78 Å². The lowest BCUT2D eigenvalue weighted by molar-refractivity contribution is 0.482. The SMILES string of the molecule is C=Cc1ccc(Oc2ccc(C3(c4ccc(F)cc4)c4ccccc4-c4ccc(N(c5ccc(-c6cccc(-c7ccccc7)c6)cc5)c5ccc6sc7ccc(N(c8ccc(-c9cccc(-c%10ccccc%10)c9)cc8)c8ccc9c(c8)C(c8ccc(F)cc8)(c8ccc(Oc%10ccc(C=C)cc%10)cc8)c8ccccc8-9)cc7c6c5)cc43)cc2)cc1. The third-order valence-electron chi connectivity index (χ3n) is 24.2. The first kappa shape index (κ1) is 73.4. The monoisotopic (exact) mass is 1570 g/mol. The van der Waals surface area contributed by atoms with Crippen molar-refractivity contribution in [3.05, 3.63) is 505 Å². The van der Waals surface area contributed by atoms with Gasteiger partial charge >= 0.3 is 0 Å². The summed E-state index contributed by atoms with van der Waals surface area (Å²) in [6, 6.07) is 148. The molecule has 1 aromatic heterocycles. The van der Waals surface area contributed by atoms with E-state index in [-0.39, 0.29) is 11.6 Å². The molecule has 121 heavy (non-hydrogen) atoms. The van der Waals surface area contributed by atoms with Gasteiger partial charge in [0.05, 0.1) is 10.8 Å². The molecular formula is C114H76F2N2O2S. The van der Waals surface area contributed by atoms with Crippen LogP contribution in [0, 0.1) is 11.6 Å². The lowest BCUT2D eigenvalue weighted by Crippen LogP contribution is -2.29. The van der Waals surface area contributed by atoms with E-state index in [0.29, 0.717) is 23.0 Å². The second-order valence-electron chi connectivity index (χ2n) is 31.0. The quantitative estimate of drug-likeness (QED) is 0.0759. The zero-order chi connectivity index (χ0) is 81.1. The smallest absolute Gasteiger partial charge is 0.127 e. The number of halogens is 2. The van der Waals surface area contributed by atoms with Crippen molar-refractivity contribution in [3.8, 4) is 89.8 Å². The molecule has 2 aliphatic carbocycles. The molecule has 2 unspecified atom stereocenters. The molecule has 0 bridgehead atoms. The first-order valence-electron chi connectivity index (χ1n) is 40.7. The summed E-state index contributed by atoms with van der Waals surface area (Å²) in [5, 5.41) is 2.20. The van der Waals surface area contributed by atoms with Crippen LogP contribution in [-0.2, 0) is 10.8 Å². The zero-order valence-electron chi connectivity index (χ0n) is 65.9. The number of thiophene rings is 1. The number of fused-ring (bicyclic) bond motifs is 9. The zero-order valence-corrected chi connectivity index (χ0v) is 66.7. The molecule has 0 spiro atoms. The van der Waals surface area contributed by atoms with Gasteiger partial charge in [0.2, 0.25) is 0 Å². The van der Waals surface area contributed by atoms with E-state index in [0.717, 1.165) is 177 Å². The van der Waals surface area contributed by atoms with E-state index in [9.17, 15) is 0 Å². The Morgan fingerprint density at radius 3 is 0.893 bits per heavy atom. The second kappa shape index (κ2) is 30.6. The maximum absolute atomic E-state index is 15.6. The Labute approximate surface area is 706 Å². The van der Waals surface area contributed by atoms with Crippen LogP contribution in [0.4, 0.5) is 42.9 Å². The summed E-state index contributed by atoms with van der Waals surface area (Å²) >= 11 is 1.78. The van der Waals surface area contributed by atoms with Gasteiger partial charge in [-0.1, -0.05) is 280 Å². The molecule has 1 heterocycles. The molecule has 18 aromatic carbocycles. The van der Waals surface area contributed by atoms with Gasteiger partial charge in [0, 0.05) is 54.3 Å². The van der Waals surface area contributed by atoms with E-state index in [4.69, 9.17) is 9.47 Å². The summed E-state index contributed by atoms with van der Waals surface area (Å²) < 4.78 is 46.4. The summed E-state index contributed by atoms with van der Waals surface area (Å²) in [4.78, 5) is 4.79. The molecule has 19 aromatic rings. The Morgan fingerprint density at radius 2 is 0.529 bits per heavy atom. The number of hydrogen-bond acceptors (Lipinski definition) is 5. The second-order valence-corrected chi connectivity index (χ2v) is 32.1. The largest absolute Gasteiger partial charge is 0.457 e. The van der Waals surface area contributed by atoms with E-state index < -0.39 is 10.8 Å². The highest BCUT2D eigenvalue weighted by Crippen LogP contribution is 2.60.